The molecule has 3 rings (SSSR count). The van der Waals surface area contributed by atoms with Crippen molar-refractivity contribution in [3.05, 3.63) is 11.7 Å². The highest BCUT2D eigenvalue weighted by atomic mass is 16.5. The lowest BCUT2D eigenvalue weighted by molar-refractivity contribution is 0.157. The summed E-state index contributed by atoms with van der Waals surface area (Å²) in [6.45, 7) is 0.419. The smallest absolute Gasteiger partial charge is 0.243 e. The van der Waals surface area contributed by atoms with Crippen LogP contribution in [0.2, 0.25) is 0 Å². The number of aromatic nitrogens is 2. The van der Waals surface area contributed by atoms with Crippen molar-refractivity contribution in [1.29, 1.82) is 0 Å². The van der Waals surface area contributed by atoms with Crippen LogP contribution in [0.25, 0.3) is 0 Å². The Bertz CT molecular complexity index is 393. The van der Waals surface area contributed by atoms with E-state index in [0.717, 1.165) is 18.2 Å². The van der Waals surface area contributed by atoms with Gasteiger partial charge in [0.2, 0.25) is 5.89 Å². The summed E-state index contributed by atoms with van der Waals surface area (Å²) < 4.78 is 10.3. The highest BCUT2D eigenvalue weighted by Crippen LogP contribution is 2.36. The predicted octanol–water partition coefficient (Wildman–Crippen LogP) is 2.20. The lowest BCUT2D eigenvalue weighted by Gasteiger charge is -2.39. The summed E-state index contributed by atoms with van der Waals surface area (Å²) in [5, 5.41) is 7.62. The van der Waals surface area contributed by atoms with Crippen molar-refractivity contribution in [2.75, 3.05) is 7.11 Å². The molecule has 18 heavy (non-hydrogen) atoms. The molecule has 1 aliphatic heterocycles. The minimum atomic E-state index is 0.238. The van der Waals surface area contributed by atoms with Gasteiger partial charge in [-0.1, -0.05) is 18.0 Å². The molecule has 1 aliphatic carbocycles. The van der Waals surface area contributed by atoms with Gasteiger partial charge in [0.05, 0.1) is 6.04 Å². The quantitative estimate of drug-likeness (QED) is 0.892. The third-order valence-electron chi connectivity index (χ3n) is 4.21. The molecule has 1 aromatic heterocycles. The summed E-state index contributed by atoms with van der Waals surface area (Å²) in [6, 6.07) is 0.887. The molecule has 1 saturated carbocycles. The summed E-state index contributed by atoms with van der Waals surface area (Å²) in [5.74, 6) is 2.22. The molecule has 2 heterocycles. The maximum Gasteiger partial charge on any atom is 0.243 e. The van der Waals surface area contributed by atoms with Crippen molar-refractivity contribution in [2.24, 2.45) is 5.92 Å². The maximum absolute atomic E-state index is 5.33. The van der Waals surface area contributed by atoms with Crippen LogP contribution >= 0.6 is 0 Å². The SMILES string of the molecule is COCc1noc(C2CCC3CCCCC3N2)n1. The second kappa shape index (κ2) is 5.36. The topological polar surface area (TPSA) is 60.2 Å². The second-order valence-corrected chi connectivity index (χ2v) is 5.43. The number of hydrogen-bond donors (Lipinski definition) is 1. The van der Waals surface area contributed by atoms with Crippen LogP contribution in [0.5, 0.6) is 0 Å². The Morgan fingerprint density at radius 1 is 1.28 bits per heavy atom. The highest BCUT2D eigenvalue weighted by Gasteiger charge is 2.34. The van der Waals surface area contributed by atoms with Gasteiger partial charge in [-0.2, -0.15) is 4.98 Å². The van der Waals surface area contributed by atoms with Gasteiger partial charge in [-0.3, -0.25) is 0 Å². The maximum atomic E-state index is 5.33. The van der Waals surface area contributed by atoms with E-state index in [2.05, 4.69) is 15.5 Å². The summed E-state index contributed by atoms with van der Waals surface area (Å²) in [7, 11) is 1.64. The van der Waals surface area contributed by atoms with E-state index in [-0.39, 0.29) is 6.04 Å². The summed E-state index contributed by atoms with van der Waals surface area (Å²) >= 11 is 0. The predicted molar refractivity (Wildman–Crippen MR) is 65.9 cm³/mol. The fourth-order valence-corrected chi connectivity index (χ4v) is 3.29. The molecule has 5 heteroatoms. The molecule has 100 valence electrons. The number of fused-ring (bicyclic) bond motifs is 1. The fraction of sp³-hybridized carbons (Fsp3) is 0.846. The molecule has 5 nitrogen and oxygen atoms in total. The highest BCUT2D eigenvalue weighted by molar-refractivity contribution is 4.98. The van der Waals surface area contributed by atoms with E-state index >= 15 is 0 Å². The molecule has 2 fully saturated rings. The Balaban J connectivity index is 1.65. The summed E-state index contributed by atoms with van der Waals surface area (Å²) in [5.41, 5.74) is 0. The number of methoxy groups -OCH3 is 1. The minimum Gasteiger partial charge on any atom is -0.377 e. The number of nitrogens with one attached hydrogen (secondary N) is 1. The van der Waals surface area contributed by atoms with Crippen LogP contribution in [0.1, 0.15) is 56.3 Å². The Hall–Kier alpha value is -0.940. The van der Waals surface area contributed by atoms with Crippen molar-refractivity contribution in [3.63, 3.8) is 0 Å². The fourth-order valence-electron chi connectivity index (χ4n) is 3.29. The third-order valence-corrected chi connectivity index (χ3v) is 4.21. The standard InChI is InChI=1S/C13H21N3O2/c1-17-8-12-15-13(18-16-12)11-7-6-9-4-2-3-5-10(9)14-11/h9-11,14H,2-8H2,1H3. The van der Waals surface area contributed by atoms with E-state index in [9.17, 15) is 0 Å². The van der Waals surface area contributed by atoms with Gasteiger partial charge in [0, 0.05) is 13.2 Å². The van der Waals surface area contributed by atoms with Crippen LogP contribution in [0, 0.1) is 5.92 Å². The van der Waals surface area contributed by atoms with Gasteiger partial charge in [-0.25, -0.2) is 0 Å². The van der Waals surface area contributed by atoms with E-state index in [1.54, 1.807) is 7.11 Å². The van der Waals surface area contributed by atoms with Gasteiger partial charge < -0.3 is 14.6 Å². The van der Waals surface area contributed by atoms with E-state index in [1.807, 2.05) is 0 Å². The normalized spacial score (nSPS) is 32.2. The van der Waals surface area contributed by atoms with Gasteiger partial charge in [0.25, 0.3) is 0 Å². The second-order valence-electron chi connectivity index (χ2n) is 5.43. The van der Waals surface area contributed by atoms with Crippen molar-refractivity contribution < 1.29 is 9.26 Å². The monoisotopic (exact) mass is 251 g/mol. The van der Waals surface area contributed by atoms with Gasteiger partial charge in [-0.15, -0.1) is 0 Å². The lowest BCUT2D eigenvalue weighted by atomic mass is 9.78. The first-order valence-corrected chi connectivity index (χ1v) is 6.94. The largest absolute Gasteiger partial charge is 0.377 e. The molecular formula is C13H21N3O2. The van der Waals surface area contributed by atoms with Crippen LogP contribution in [0.3, 0.4) is 0 Å². The van der Waals surface area contributed by atoms with Crippen molar-refractivity contribution in [3.8, 4) is 0 Å². The van der Waals surface area contributed by atoms with E-state index in [1.165, 1.54) is 32.1 Å². The Labute approximate surface area is 107 Å². The van der Waals surface area contributed by atoms with Crippen molar-refractivity contribution >= 4 is 0 Å². The molecular weight excluding hydrogens is 230 g/mol. The van der Waals surface area contributed by atoms with E-state index < -0.39 is 0 Å². The number of ether oxygens (including phenoxy) is 1. The molecule has 2 aliphatic rings. The molecule has 3 atom stereocenters. The number of nitrogens with zero attached hydrogens (tertiary/aromatic N) is 2. The number of rotatable bonds is 3. The zero-order valence-corrected chi connectivity index (χ0v) is 10.9. The average Bonchev–Trinajstić information content (AvgIpc) is 2.87. The first kappa shape index (κ1) is 12.1. The van der Waals surface area contributed by atoms with Gasteiger partial charge >= 0.3 is 0 Å². The zero-order valence-electron chi connectivity index (χ0n) is 10.9. The van der Waals surface area contributed by atoms with Gasteiger partial charge in [-0.05, 0) is 31.6 Å². The van der Waals surface area contributed by atoms with Crippen LogP contribution in [0.4, 0.5) is 0 Å². The molecule has 0 aromatic carbocycles. The Morgan fingerprint density at radius 2 is 2.17 bits per heavy atom. The van der Waals surface area contributed by atoms with Crippen molar-refractivity contribution in [2.45, 2.75) is 57.2 Å². The first-order chi connectivity index (χ1) is 8.86. The molecule has 3 unspecified atom stereocenters. The van der Waals surface area contributed by atoms with Gasteiger partial charge in [0.15, 0.2) is 5.82 Å². The molecule has 1 saturated heterocycles. The Morgan fingerprint density at radius 3 is 3.06 bits per heavy atom. The molecule has 0 amide bonds. The summed E-state index contributed by atoms with van der Waals surface area (Å²) in [6.07, 6.45) is 7.80. The molecule has 0 spiro atoms. The van der Waals surface area contributed by atoms with E-state index in [4.69, 9.17) is 9.26 Å². The number of hydrogen-bond acceptors (Lipinski definition) is 5. The average molecular weight is 251 g/mol. The Kier molecular flexibility index (Phi) is 3.61. The van der Waals surface area contributed by atoms with Crippen LogP contribution < -0.4 is 5.32 Å². The van der Waals surface area contributed by atoms with E-state index in [0.29, 0.717) is 18.5 Å². The zero-order chi connectivity index (χ0) is 12.4. The van der Waals surface area contributed by atoms with Crippen LogP contribution in [0.15, 0.2) is 4.52 Å². The molecule has 1 N–H and O–H groups in total. The third kappa shape index (κ3) is 2.42. The summed E-state index contributed by atoms with van der Waals surface area (Å²) in [4.78, 5) is 4.40. The molecule has 1 aromatic rings. The molecule has 0 bridgehead atoms. The first-order valence-electron chi connectivity index (χ1n) is 6.94. The van der Waals surface area contributed by atoms with Crippen LogP contribution in [-0.2, 0) is 11.3 Å². The van der Waals surface area contributed by atoms with Crippen molar-refractivity contribution in [1.82, 2.24) is 15.5 Å². The van der Waals surface area contributed by atoms with Gasteiger partial charge in [0.1, 0.15) is 6.61 Å². The van der Waals surface area contributed by atoms with Crippen LogP contribution in [-0.4, -0.2) is 23.3 Å². The molecule has 0 radical (unpaired) electrons. The lowest BCUT2D eigenvalue weighted by Crippen LogP contribution is -2.44. The minimum absolute atomic E-state index is 0.238. The number of piperidine rings is 1.